The van der Waals surface area contributed by atoms with Gasteiger partial charge < -0.3 is 14.6 Å². The average molecular weight is 265 g/mol. The lowest BCUT2D eigenvalue weighted by Gasteiger charge is -2.35. The van der Waals surface area contributed by atoms with Gasteiger partial charge in [0, 0.05) is 13.1 Å². The first-order valence-corrected chi connectivity index (χ1v) is 6.82. The van der Waals surface area contributed by atoms with Gasteiger partial charge in [-0.05, 0) is 36.7 Å². The Balaban J connectivity index is 2.12. The lowest BCUT2D eigenvalue weighted by Crippen LogP contribution is -2.44. The lowest BCUT2D eigenvalue weighted by molar-refractivity contribution is -0.0890. The fourth-order valence-corrected chi connectivity index (χ4v) is 2.52. The first kappa shape index (κ1) is 14.3. The van der Waals surface area contributed by atoms with E-state index in [1.54, 1.807) is 7.11 Å². The summed E-state index contributed by atoms with van der Waals surface area (Å²) in [6.45, 7) is 7.53. The maximum atomic E-state index is 10.5. The fourth-order valence-electron chi connectivity index (χ4n) is 2.52. The molecule has 1 aromatic carbocycles. The van der Waals surface area contributed by atoms with Crippen LogP contribution in [0.2, 0.25) is 0 Å². The summed E-state index contributed by atoms with van der Waals surface area (Å²) in [7, 11) is 1.65. The second kappa shape index (κ2) is 6.37. The van der Waals surface area contributed by atoms with Crippen LogP contribution in [0.4, 0.5) is 0 Å². The van der Waals surface area contributed by atoms with E-state index in [4.69, 9.17) is 9.47 Å². The smallest absolute Gasteiger partial charge is 0.119 e. The van der Waals surface area contributed by atoms with Crippen LogP contribution in [0.1, 0.15) is 24.2 Å². The molecule has 4 heteroatoms. The Morgan fingerprint density at radius 3 is 2.95 bits per heavy atom. The second-order valence-corrected chi connectivity index (χ2v) is 4.97. The molecule has 0 bridgehead atoms. The topological polar surface area (TPSA) is 41.9 Å². The number of aliphatic hydroxyl groups excluding tert-OH is 1. The number of morpholine rings is 1. The highest BCUT2D eigenvalue weighted by Gasteiger charge is 2.28. The highest BCUT2D eigenvalue weighted by Crippen LogP contribution is 2.27. The number of ether oxygens (including phenoxy) is 2. The van der Waals surface area contributed by atoms with Gasteiger partial charge in [0.05, 0.1) is 13.7 Å². The van der Waals surface area contributed by atoms with Gasteiger partial charge in [0.25, 0.3) is 0 Å². The van der Waals surface area contributed by atoms with E-state index < -0.39 is 6.10 Å². The predicted octanol–water partition coefficient (Wildman–Crippen LogP) is 1.76. The molecule has 0 saturated carbocycles. The maximum Gasteiger partial charge on any atom is 0.119 e. The number of rotatable bonds is 4. The molecule has 19 heavy (non-hydrogen) atoms. The monoisotopic (exact) mass is 265 g/mol. The molecule has 1 saturated heterocycles. The molecule has 2 rings (SSSR count). The molecule has 1 heterocycles. The van der Waals surface area contributed by atoms with Crippen molar-refractivity contribution < 1.29 is 14.6 Å². The largest absolute Gasteiger partial charge is 0.497 e. The number of methoxy groups -OCH3 is 1. The fraction of sp³-hybridized carbons (Fsp3) is 0.600. The Bertz CT molecular complexity index is 422. The molecule has 0 amide bonds. The first-order chi connectivity index (χ1) is 9.15. The van der Waals surface area contributed by atoms with Crippen LogP contribution in [0.3, 0.4) is 0 Å². The van der Waals surface area contributed by atoms with Gasteiger partial charge in [0.1, 0.15) is 18.0 Å². The van der Waals surface area contributed by atoms with E-state index in [2.05, 4.69) is 11.8 Å². The number of nitrogens with zero attached hydrogens (tertiary/aromatic N) is 1. The molecule has 2 unspecified atom stereocenters. The highest BCUT2D eigenvalue weighted by molar-refractivity contribution is 5.36. The molecule has 0 aliphatic carbocycles. The molecular formula is C15H23NO3. The minimum absolute atomic E-state index is 0.152. The molecule has 0 radical (unpaired) electrons. The third-order valence-corrected chi connectivity index (χ3v) is 3.77. The van der Waals surface area contributed by atoms with Crippen molar-refractivity contribution in [1.82, 2.24) is 4.90 Å². The number of benzene rings is 1. The minimum Gasteiger partial charge on any atom is -0.497 e. The molecule has 4 nitrogen and oxygen atoms in total. The predicted molar refractivity (Wildman–Crippen MR) is 74.5 cm³/mol. The van der Waals surface area contributed by atoms with Crippen molar-refractivity contribution in [3.63, 3.8) is 0 Å². The van der Waals surface area contributed by atoms with Gasteiger partial charge in [-0.1, -0.05) is 13.0 Å². The van der Waals surface area contributed by atoms with E-state index in [0.29, 0.717) is 6.61 Å². The summed E-state index contributed by atoms with van der Waals surface area (Å²) < 4.78 is 10.9. The standard InChI is InChI=1S/C15H23NO3/c1-4-16-7-8-19-14(10-16)15(17)13-6-5-12(18-3)9-11(13)2/h5-6,9,14-15,17H,4,7-8,10H2,1-3H3. The zero-order chi connectivity index (χ0) is 13.8. The molecule has 1 aliphatic heterocycles. The van der Waals surface area contributed by atoms with Crippen molar-refractivity contribution in [2.45, 2.75) is 26.1 Å². The van der Waals surface area contributed by atoms with E-state index in [1.807, 2.05) is 25.1 Å². The van der Waals surface area contributed by atoms with Crippen molar-refractivity contribution in [3.05, 3.63) is 29.3 Å². The Morgan fingerprint density at radius 2 is 2.32 bits per heavy atom. The van der Waals surface area contributed by atoms with Gasteiger partial charge in [-0.25, -0.2) is 0 Å². The van der Waals surface area contributed by atoms with Crippen LogP contribution in [0.25, 0.3) is 0 Å². The normalized spacial score (nSPS) is 22.2. The van der Waals surface area contributed by atoms with Crippen LogP contribution in [0.15, 0.2) is 18.2 Å². The highest BCUT2D eigenvalue weighted by atomic mass is 16.5. The van der Waals surface area contributed by atoms with Gasteiger partial charge in [-0.15, -0.1) is 0 Å². The Hall–Kier alpha value is -1.10. The third-order valence-electron chi connectivity index (χ3n) is 3.77. The van der Waals surface area contributed by atoms with E-state index in [1.165, 1.54) is 0 Å². The number of aryl methyl sites for hydroxylation is 1. The van der Waals surface area contributed by atoms with Gasteiger partial charge in [0.15, 0.2) is 0 Å². The van der Waals surface area contributed by atoms with Crippen molar-refractivity contribution >= 4 is 0 Å². The SMILES string of the molecule is CCN1CCOC(C(O)c2ccc(OC)cc2C)C1. The molecule has 2 atom stereocenters. The van der Waals surface area contributed by atoms with Crippen LogP contribution in [0, 0.1) is 6.92 Å². The molecule has 0 spiro atoms. The van der Waals surface area contributed by atoms with Crippen molar-refractivity contribution in [2.75, 3.05) is 33.4 Å². The van der Waals surface area contributed by atoms with Crippen LogP contribution >= 0.6 is 0 Å². The van der Waals surface area contributed by atoms with Crippen LogP contribution in [0.5, 0.6) is 5.75 Å². The minimum atomic E-state index is -0.583. The molecule has 0 aromatic heterocycles. The van der Waals surface area contributed by atoms with Crippen LogP contribution in [-0.2, 0) is 4.74 Å². The summed E-state index contributed by atoms with van der Waals surface area (Å²) >= 11 is 0. The third kappa shape index (κ3) is 3.26. The quantitative estimate of drug-likeness (QED) is 0.900. The molecule has 106 valence electrons. The summed E-state index contributed by atoms with van der Waals surface area (Å²) in [5.74, 6) is 0.813. The Kier molecular flexibility index (Phi) is 4.80. The summed E-state index contributed by atoms with van der Waals surface area (Å²) in [4.78, 5) is 2.30. The summed E-state index contributed by atoms with van der Waals surface area (Å²) in [6, 6.07) is 5.75. The van der Waals surface area contributed by atoms with E-state index in [-0.39, 0.29) is 6.10 Å². The zero-order valence-corrected chi connectivity index (χ0v) is 11.9. The van der Waals surface area contributed by atoms with Gasteiger partial charge in [-0.2, -0.15) is 0 Å². The Morgan fingerprint density at radius 1 is 1.53 bits per heavy atom. The van der Waals surface area contributed by atoms with Crippen molar-refractivity contribution in [3.8, 4) is 5.75 Å². The number of likely N-dealkylation sites (N-methyl/N-ethyl adjacent to an activating group) is 1. The molecule has 1 aliphatic rings. The molecule has 1 N–H and O–H groups in total. The van der Waals surface area contributed by atoms with Gasteiger partial charge >= 0.3 is 0 Å². The van der Waals surface area contributed by atoms with Gasteiger partial charge in [0.2, 0.25) is 0 Å². The summed E-state index contributed by atoms with van der Waals surface area (Å²) in [5, 5.41) is 10.5. The average Bonchev–Trinajstić information content (AvgIpc) is 2.46. The Labute approximate surface area is 114 Å². The second-order valence-electron chi connectivity index (χ2n) is 4.97. The lowest BCUT2D eigenvalue weighted by atomic mass is 9.98. The molecule has 1 fully saturated rings. The summed E-state index contributed by atoms with van der Waals surface area (Å²) in [5.41, 5.74) is 1.95. The first-order valence-electron chi connectivity index (χ1n) is 6.82. The van der Waals surface area contributed by atoms with Crippen LogP contribution < -0.4 is 4.74 Å². The number of hydrogen-bond acceptors (Lipinski definition) is 4. The van der Waals surface area contributed by atoms with Crippen LogP contribution in [-0.4, -0.2) is 49.5 Å². The maximum absolute atomic E-state index is 10.5. The van der Waals surface area contributed by atoms with E-state index >= 15 is 0 Å². The van der Waals surface area contributed by atoms with E-state index in [0.717, 1.165) is 36.5 Å². The number of aliphatic hydroxyl groups is 1. The number of hydrogen-bond donors (Lipinski definition) is 1. The zero-order valence-electron chi connectivity index (χ0n) is 11.9. The molecule has 1 aromatic rings. The van der Waals surface area contributed by atoms with Crippen molar-refractivity contribution in [2.24, 2.45) is 0 Å². The van der Waals surface area contributed by atoms with E-state index in [9.17, 15) is 5.11 Å². The summed E-state index contributed by atoms with van der Waals surface area (Å²) in [6.07, 6.45) is -0.735. The molecular weight excluding hydrogens is 242 g/mol. The van der Waals surface area contributed by atoms with Gasteiger partial charge in [-0.3, -0.25) is 4.90 Å². The van der Waals surface area contributed by atoms with Crippen molar-refractivity contribution in [1.29, 1.82) is 0 Å².